The molecule has 0 radical (unpaired) electrons. The third-order valence-electron chi connectivity index (χ3n) is 5.07. The van der Waals surface area contributed by atoms with Crippen molar-refractivity contribution in [1.29, 1.82) is 0 Å². The summed E-state index contributed by atoms with van der Waals surface area (Å²) >= 11 is 0. The van der Waals surface area contributed by atoms with Gasteiger partial charge in [-0.15, -0.1) is 0 Å². The summed E-state index contributed by atoms with van der Waals surface area (Å²) in [4.78, 5) is 26.9. The Bertz CT molecular complexity index is 909. The highest BCUT2D eigenvalue weighted by atomic mass is 16.7. The van der Waals surface area contributed by atoms with Crippen molar-refractivity contribution in [1.82, 2.24) is 4.90 Å². The van der Waals surface area contributed by atoms with E-state index in [1.807, 2.05) is 50.2 Å². The Morgan fingerprint density at radius 1 is 1.15 bits per heavy atom. The van der Waals surface area contributed by atoms with E-state index in [4.69, 9.17) is 9.47 Å². The highest BCUT2D eigenvalue weighted by molar-refractivity contribution is 5.99. The fraction of sp³-hybridized carbons (Fsp3) is 0.333. The van der Waals surface area contributed by atoms with Gasteiger partial charge in [-0.05, 0) is 55.2 Å². The number of nitrogens with zero attached hydrogens (tertiary/aromatic N) is 1. The largest absolute Gasteiger partial charge is 0.454 e. The summed E-state index contributed by atoms with van der Waals surface area (Å²) < 4.78 is 10.7. The molecule has 0 saturated carbocycles. The zero-order chi connectivity index (χ0) is 19.0. The number of likely N-dealkylation sites (tertiary alicyclic amines) is 1. The number of fused-ring (bicyclic) bond motifs is 1. The van der Waals surface area contributed by atoms with Crippen molar-refractivity contribution in [3.63, 3.8) is 0 Å². The van der Waals surface area contributed by atoms with Gasteiger partial charge < -0.3 is 19.7 Å². The number of carbonyl (C=O) groups excluding carboxylic acids is 2. The highest BCUT2D eigenvalue weighted by Gasteiger charge is 2.36. The number of hydrogen-bond donors (Lipinski definition) is 1. The predicted molar refractivity (Wildman–Crippen MR) is 101 cm³/mol. The maximum atomic E-state index is 12.9. The molecule has 6 nitrogen and oxygen atoms in total. The molecule has 140 valence electrons. The van der Waals surface area contributed by atoms with Crippen molar-refractivity contribution in [3.05, 3.63) is 53.1 Å². The topological polar surface area (TPSA) is 67.9 Å². The zero-order valence-electron chi connectivity index (χ0n) is 15.5. The lowest BCUT2D eigenvalue weighted by Crippen LogP contribution is -2.41. The van der Waals surface area contributed by atoms with E-state index in [2.05, 4.69) is 5.32 Å². The van der Waals surface area contributed by atoms with Crippen LogP contribution in [0.1, 0.15) is 29.5 Å². The molecule has 1 N–H and O–H groups in total. The van der Waals surface area contributed by atoms with Gasteiger partial charge in [0.1, 0.15) is 6.04 Å². The molecule has 2 aromatic rings. The first-order valence-corrected chi connectivity index (χ1v) is 9.07. The lowest BCUT2D eigenvalue weighted by Gasteiger charge is -2.24. The number of hydrogen-bond acceptors (Lipinski definition) is 4. The molecule has 0 aromatic heterocycles. The normalized spacial score (nSPS) is 18.1. The molecule has 1 saturated heterocycles. The SMILES string of the molecule is Cc1ccc(C)c(NC(=O)C2CCC(=O)N2Cc2ccc3c(c2)OCO3)c1. The fourth-order valence-electron chi connectivity index (χ4n) is 3.53. The average molecular weight is 366 g/mol. The van der Waals surface area contributed by atoms with Gasteiger partial charge in [-0.2, -0.15) is 0 Å². The molecule has 1 fully saturated rings. The van der Waals surface area contributed by atoms with Crippen LogP contribution >= 0.6 is 0 Å². The van der Waals surface area contributed by atoms with Gasteiger partial charge in [-0.1, -0.05) is 18.2 Å². The molecule has 2 aliphatic rings. The van der Waals surface area contributed by atoms with Gasteiger partial charge in [0.15, 0.2) is 11.5 Å². The predicted octanol–water partition coefficient (Wildman–Crippen LogP) is 3.16. The van der Waals surface area contributed by atoms with Crippen molar-refractivity contribution >= 4 is 17.5 Å². The summed E-state index contributed by atoms with van der Waals surface area (Å²) in [5.41, 5.74) is 3.79. The Morgan fingerprint density at radius 3 is 2.81 bits per heavy atom. The Labute approximate surface area is 158 Å². The van der Waals surface area contributed by atoms with Crippen LogP contribution in [0.3, 0.4) is 0 Å². The van der Waals surface area contributed by atoms with E-state index in [1.165, 1.54) is 0 Å². The first-order chi connectivity index (χ1) is 13.0. The van der Waals surface area contributed by atoms with Gasteiger partial charge in [0.2, 0.25) is 18.6 Å². The quantitative estimate of drug-likeness (QED) is 0.903. The van der Waals surface area contributed by atoms with Gasteiger partial charge in [0.25, 0.3) is 0 Å². The minimum absolute atomic E-state index is 0.00576. The zero-order valence-corrected chi connectivity index (χ0v) is 15.5. The molecule has 0 spiro atoms. The van der Waals surface area contributed by atoms with Crippen LogP contribution in [0.5, 0.6) is 11.5 Å². The summed E-state index contributed by atoms with van der Waals surface area (Å²) in [5, 5.41) is 2.99. The van der Waals surface area contributed by atoms with Crippen molar-refractivity contribution < 1.29 is 19.1 Å². The number of carbonyl (C=O) groups is 2. The van der Waals surface area contributed by atoms with E-state index < -0.39 is 6.04 Å². The number of aryl methyl sites for hydroxylation is 2. The molecule has 2 aromatic carbocycles. The van der Waals surface area contributed by atoms with E-state index >= 15 is 0 Å². The molecule has 6 heteroatoms. The van der Waals surface area contributed by atoms with Crippen LogP contribution in [-0.2, 0) is 16.1 Å². The molecular weight excluding hydrogens is 344 g/mol. The van der Waals surface area contributed by atoms with Crippen LogP contribution in [0, 0.1) is 13.8 Å². The van der Waals surface area contributed by atoms with Crippen molar-refractivity contribution in [3.8, 4) is 11.5 Å². The molecular formula is C21H22N2O4. The molecule has 2 aliphatic heterocycles. The molecule has 1 unspecified atom stereocenters. The Balaban J connectivity index is 1.50. The fourth-order valence-corrected chi connectivity index (χ4v) is 3.53. The molecule has 4 rings (SSSR count). The van der Waals surface area contributed by atoms with Gasteiger partial charge in [-0.3, -0.25) is 9.59 Å². The monoisotopic (exact) mass is 366 g/mol. The van der Waals surface area contributed by atoms with E-state index in [-0.39, 0.29) is 18.6 Å². The van der Waals surface area contributed by atoms with E-state index in [1.54, 1.807) is 4.90 Å². The van der Waals surface area contributed by atoms with Gasteiger partial charge in [-0.25, -0.2) is 0 Å². The average Bonchev–Trinajstić information content (AvgIpc) is 3.25. The molecule has 27 heavy (non-hydrogen) atoms. The Hall–Kier alpha value is -3.02. The second kappa shape index (κ2) is 6.95. The molecule has 1 atom stereocenters. The summed E-state index contributed by atoms with van der Waals surface area (Å²) in [6.45, 7) is 4.53. The van der Waals surface area contributed by atoms with Crippen LogP contribution in [0.2, 0.25) is 0 Å². The van der Waals surface area contributed by atoms with E-state index in [0.717, 1.165) is 22.4 Å². The summed E-state index contributed by atoms with van der Waals surface area (Å²) in [6, 6.07) is 11.1. The van der Waals surface area contributed by atoms with Crippen molar-refractivity contribution in [2.45, 2.75) is 39.3 Å². The lowest BCUT2D eigenvalue weighted by atomic mass is 10.1. The van der Waals surface area contributed by atoms with Gasteiger partial charge >= 0.3 is 0 Å². The van der Waals surface area contributed by atoms with Gasteiger partial charge in [0.05, 0.1) is 0 Å². The first-order valence-electron chi connectivity index (χ1n) is 9.07. The highest BCUT2D eigenvalue weighted by Crippen LogP contribution is 2.33. The number of nitrogens with one attached hydrogen (secondary N) is 1. The van der Waals surface area contributed by atoms with Crippen LogP contribution in [0.25, 0.3) is 0 Å². The van der Waals surface area contributed by atoms with Crippen LogP contribution < -0.4 is 14.8 Å². The molecule has 2 heterocycles. The third-order valence-corrected chi connectivity index (χ3v) is 5.07. The van der Waals surface area contributed by atoms with Gasteiger partial charge in [0, 0.05) is 18.7 Å². The second-order valence-corrected chi connectivity index (χ2v) is 7.07. The number of ether oxygens (including phenoxy) is 2. The van der Waals surface area contributed by atoms with Crippen LogP contribution in [-0.4, -0.2) is 29.5 Å². The summed E-state index contributed by atoms with van der Waals surface area (Å²) in [7, 11) is 0. The molecule has 0 aliphatic carbocycles. The molecule has 2 amide bonds. The maximum Gasteiger partial charge on any atom is 0.247 e. The Morgan fingerprint density at radius 2 is 1.96 bits per heavy atom. The third kappa shape index (κ3) is 3.47. The number of rotatable bonds is 4. The molecule has 0 bridgehead atoms. The lowest BCUT2D eigenvalue weighted by molar-refractivity contribution is -0.133. The summed E-state index contributed by atoms with van der Waals surface area (Å²) in [5.74, 6) is 1.23. The van der Waals surface area contributed by atoms with Crippen molar-refractivity contribution in [2.24, 2.45) is 0 Å². The second-order valence-electron chi connectivity index (χ2n) is 7.07. The number of anilines is 1. The van der Waals surface area contributed by atoms with E-state index in [0.29, 0.717) is 30.9 Å². The minimum Gasteiger partial charge on any atom is -0.454 e. The number of benzene rings is 2. The van der Waals surface area contributed by atoms with Crippen molar-refractivity contribution in [2.75, 3.05) is 12.1 Å². The summed E-state index contributed by atoms with van der Waals surface area (Å²) in [6.07, 6.45) is 0.912. The standard InChI is InChI=1S/C21H22N2O4/c1-13-3-4-14(2)16(9-13)22-21(25)17-6-8-20(24)23(17)11-15-5-7-18-19(10-15)27-12-26-18/h3-5,7,9-10,17H,6,8,11-12H2,1-2H3,(H,22,25). The smallest absolute Gasteiger partial charge is 0.247 e. The van der Waals surface area contributed by atoms with E-state index in [9.17, 15) is 9.59 Å². The van der Waals surface area contributed by atoms with Crippen LogP contribution in [0.15, 0.2) is 36.4 Å². The maximum absolute atomic E-state index is 12.9. The Kier molecular flexibility index (Phi) is 4.48. The number of amides is 2. The van der Waals surface area contributed by atoms with Crippen LogP contribution in [0.4, 0.5) is 5.69 Å². The first kappa shape index (κ1) is 17.4. The minimum atomic E-state index is -0.470.